The van der Waals surface area contributed by atoms with E-state index in [1.165, 1.54) is 5.56 Å². The van der Waals surface area contributed by atoms with Crippen molar-refractivity contribution in [2.75, 3.05) is 0 Å². The van der Waals surface area contributed by atoms with Crippen LogP contribution in [-0.2, 0) is 10.3 Å². The molecule has 116 valence electrons. The SMILES string of the molecule is CC(NC(=O)C(C)(N)c1ccccc1)C(C)c1ccccc1. The number of hydrogen-bond donors (Lipinski definition) is 2. The Morgan fingerprint density at radius 1 is 1.00 bits per heavy atom. The summed E-state index contributed by atoms with van der Waals surface area (Å²) < 4.78 is 0. The smallest absolute Gasteiger partial charge is 0.244 e. The maximum Gasteiger partial charge on any atom is 0.244 e. The van der Waals surface area contributed by atoms with Crippen LogP contribution >= 0.6 is 0 Å². The number of hydrogen-bond acceptors (Lipinski definition) is 2. The van der Waals surface area contributed by atoms with Crippen LogP contribution in [-0.4, -0.2) is 11.9 Å². The molecule has 3 nitrogen and oxygen atoms in total. The van der Waals surface area contributed by atoms with Crippen LogP contribution in [0.1, 0.15) is 37.8 Å². The van der Waals surface area contributed by atoms with E-state index in [2.05, 4.69) is 24.4 Å². The van der Waals surface area contributed by atoms with E-state index in [1.54, 1.807) is 6.92 Å². The van der Waals surface area contributed by atoms with Crippen LogP contribution < -0.4 is 11.1 Å². The normalized spacial score (nSPS) is 16.4. The van der Waals surface area contributed by atoms with Gasteiger partial charge in [0.15, 0.2) is 0 Å². The van der Waals surface area contributed by atoms with Crippen molar-refractivity contribution >= 4 is 5.91 Å². The first-order chi connectivity index (χ1) is 10.4. The molecule has 0 fully saturated rings. The number of nitrogens with two attached hydrogens (primary N) is 1. The predicted octanol–water partition coefficient (Wildman–Crippen LogP) is 3.17. The van der Waals surface area contributed by atoms with Crippen molar-refractivity contribution in [2.24, 2.45) is 5.73 Å². The average Bonchev–Trinajstić information content (AvgIpc) is 2.55. The van der Waals surface area contributed by atoms with Gasteiger partial charge in [0, 0.05) is 12.0 Å². The summed E-state index contributed by atoms with van der Waals surface area (Å²) in [6.07, 6.45) is 0. The van der Waals surface area contributed by atoms with Gasteiger partial charge in [0.05, 0.1) is 0 Å². The Balaban J connectivity index is 2.08. The monoisotopic (exact) mass is 296 g/mol. The molecular formula is C19H24N2O. The molecule has 0 radical (unpaired) electrons. The fourth-order valence-corrected chi connectivity index (χ4v) is 2.44. The molecule has 1 amide bonds. The molecule has 3 unspecified atom stereocenters. The van der Waals surface area contributed by atoms with E-state index in [9.17, 15) is 4.79 Å². The highest BCUT2D eigenvalue weighted by Crippen LogP contribution is 2.21. The number of benzene rings is 2. The highest BCUT2D eigenvalue weighted by atomic mass is 16.2. The first kappa shape index (κ1) is 16.2. The molecule has 0 aromatic heterocycles. The van der Waals surface area contributed by atoms with Gasteiger partial charge in [0.25, 0.3) is 0 Å². The second-order valence-corrected chi connectivity index (χ2v) is 6.03. The minimum Gasteiger partial charge on any atom is -0.351 e. The summed E-state index contributed by atoms with van der Waals surface area (Å²) in [5, 5.41) is 3.05. The van der Waals surface area contributed by atoms with E-state index < -0.39 is 5.54 Å². The summed E-state index contributed by atoms with van der Waals surface area (Å²) in [6.45, 7) is 5.87. The van der Waals surface area contributed by atoms with Gasteiger partial charge in [-0.3, -0.25) is 4.79 Å². The Morgan fingerprint density at radius 2 is 1.50 bits per heavy atom. The molecule has 0 bridgehead atoms. The molecule has 2 aromatic rings. The van der Waals surface area contributed by atoms with Gasteiger partial charge in [-0.2, -0.15) is 0 Å². The van der Waals surface area contributed by atoms with E-state index >= 15 is 0 Å². The third-order valence-corrected chi connectivity index (χ3v) is 4.28. The highest BCUT2D eigenvalue weighted by molar-refractivity contribution is 5.87. The minimum absolute atomic E-state index is 0.00138. The lowest BCUT2D eigenvalue weighted by atomic mass is 9.90. The number of amides is 1. The zero-order valence-corrected chi connectivity index (χ0v) is 13.4. The molecule has 3 N–H and O–H groups in total. The molecule has 0 aliphatic rings. The predicted molar refractivity (Wildman–Crippen MR) is 90.4 cm³/mol. The molecule has 0 aliphatic heterocycles. The number of carbonyl (C=O) groups is 1. The van der Waals surface area contributed by atoms with E-state index in [0.717, 1.165) is 5.56 Å². The third kappa shape index (κ3) is 3.55. The van der Waals surface area contributed by atoms with Crippen molar-refractivity contribution in [2.45, 2.75) is 38.3 Å². The molecule has 0 saturated carbocycles. The Hall–Kier alpha value is -2.13. The van der Waals surface area contributed by atoms with E-state index in [4.69, 9.17) is 5.73 Å². The molecule has 22 heavy (non-hydrogen) atoms. The van der Waals surface area contributed by atoms with Crippen molar-refractivity contribution in [1.29, 1.82) is 0 Å². The zero-order valence-electron chi connectivity index (χ0n) is 13.4. The second kappa shape index (κ2) is 6.75. The lowest BCUT2D eigenvalue weighted by Gasteiger charge is -2.29. The van der Waals surface area contributed by atoms with Gasteiger partial charge >= 0.3 is 0 Å². The highest BCUT2D eigenvalue weighted by Gasteiger charge is 2.32. The zero-order chi connectivity index (χ0) is 16.2. The van der Waals surface area contributed by atoms with Crippen LogP contribution in [0.3, 0.4) is 0 Å². The molecule has 0 heterocycles. The van der Waals surface area contributed by atoms with E-state index in [-0.39, 0.29) is 17.9 Å². The number of carbonyl (C=O) groups excluding carboxylic acids is 1. The van der Waals surface area contributed by atoms with Gasteiger partial charge in [0.1, 0.15) is 5.54 Å². The van der Waals surface area contributed by atoms with Crippen LogP contribution in [0.4, 0.5) is 0 Å². The molecule has 0 aliphatic carbocycles. The Morgan fingerprint density at radius 3 is 2.05 bits per heavy atom. The minimum atomic E-state index is -1.04. The fraction of sp³-hybridized carbons (Fsp3) is 0.316. The summed E-state index contributed by atoms with van der Waals surface area (Å²) in [7, 11) is 0. The first-order valence-electron chi connectivity index (χ1n) is 7.63. The van der Waals surface area contributed by atoms with Gasteiger partial charge in [0.2, 0.25) is 5.91 Å². The number of nitrogens with one attached hydrogen (secondary N) is 1. The maximum absolute atomic E-state index is 12.6. The maximum atomic E-state index is 12.6. The van der Waals surface area contributed by atoms with Crippen molar-refractivity contribution in [3.63, 3.8) is 0 Å². The molecule has 0 spiro atoms. The molecule has 3 heteroatoms. The molecule has 3 atom stereocenters. The van der Waals surface area contributed by atoms with Crippen LogP contribution in [0.15, 0.2) is 60.7 Å². The summed E-state index contributed by atoms with van der Waals surface area (Å²) in [6, 6.07) is 19.6. The van der Waals surface area contributed by atoms with Crippen molar-refractivity contribution in [3.05, 3.63) is 71.8 Å². The van der Waals surface area contributed by atoms with Gasteiger partial charge in [-0.25, -0.2) is 0 Å². The second-order valence-electron chi connectivity index (χ2n) is 6.03. The quantitative estimate of drug-likeness (QED) is 0.890. The van der Waals surface area contributed by atoms with Crippen LogP contribution in [0.5, 0.6) is 0 Å². The Bertz CT molecular complexity index is 608. The molecule has 2 aromatic carbocycles. The summed E-state index contributed by atoms with van der Waals surface area (Å²) >= 11 is 0. The summed E-state index contributed by atoms with van der Waals surface area (Å²) in [5.41, 5.74) is 7.24. The van der Waals surface area contributed by atoms with Gasteiger partial charge in [-0.1, -0.05) is 67.6 Å². The van der Waals surface area contributed by atoms with Crippen molar-refractivity contribution < 1.29 is 4.79 Å². The van der Waals surface area contributed by atoms with Gasteiger partial charge in [-0.15, -0.1) is 0 Å². The van der Waals surface area contributed by atoms with Gasteiger partial charge in [-0.05, 0) is 25.0 Å². The lowest BCUT2D eigenvalue weighted by Crippen LogP contribution is -2.52. The first-order valence-corrected chi connectivity index (χ1v) is 7.63. The standard InChI is InChI=1S/C19H24N2O/c1-14(16-10-6-4-7-11-16)15(2)21-18(22)19(3,20)17-12-8-5-9-13-17/h4-15H,20H2,1-3H3,(H,21,22). The average molecular weight is 296 g/mol. The molecular weight excluding hydrogens is 272 g/mol. The Labute approximate surface area is 132 Å². The number of rotatable bonds is 5. The van der Waals surface area contributed by atoms with E-state index in [1.807, 2.05) is 55.5 Å². The van der Waals surface area contributed by atoms with E-state index in [0.29, 0.717) is 0 Å². The van der Waals surface area contributed by atoms with Crippen LogP contribution in [0.2, 0.25) is 0 Å². The fourth-order valence-electron chi connectivity index (χ4n) is 2.44. The molecule has 2 rings (SSSR count). The van der Waals surface area contributed by atoms with Crippen LogP contribution in [0, 0.1) is 0 Å². The van der Waals surface area contributed by atoms with Crippen LogP contribution in [0.25, 0.3) is 0 Å². The van der Waals surface area contributed by atoms with Crippen molar-refractivity contribution in [3.8, 4) is 0 Å². The summed E-state index contributed by atoms with van der Waals surface area (Å²) in [5.74, 6) is 0.0608. The largest absolute Gasteiger partial charge is 0.351 e. The molecule has 0 saturated heterocycles. The topological polar surface area (TPSA) is 55.1 Å². The Kier molecular flexibility index (Phi) is 4.99. The van der Waals surface area contributed by atoms with Crippen molar-refractivity contribution in [1.82, 2.24) is 5.32 Å². The summed E-state index contributed by atoms with van der Waals surface area (Å²) in [4.78, 5) is 12.6. The third-order valence-electron chi connectivity index (χ3n) is 4.28. The van der Waals surface area contributed by atoms with Gasteiger partial charge < -0.3 is 11.1 Å². The lowest BCUT2D eigenvalue weighted by molar-refractivity contribution is -0.126.